The van der Waals surface area contributed by atoms with E-state index in [0.29, 0.717) is 0 Å². The molecule has 5 nitrogen and oxygen atoms in total. The van der Waals surface area contributed by atoms with Gasteiger partial charge in [-0.15, -0.1) is 0 Å². The molecule has 0 spiro atoms. The molecule has 0 unspecified atom stereocenters. The number of nitrogens with zero attached hydrogens (tertiary/aromatic N) is 1. The van der Waals surface area contributed by atoms with Crippen molar-refractivity contribution in [1.29, 1.82) is 0 Å². The number of aromatic nitrogens is 1. The van der Waals surface area contributed by atoms with Gasteiger partial charge in [-0.2, -0.15) is 13.2 Å². The Kier molecular flexibility index (Phi) is 6.77. The second-order valence-electron chi connectivity index (χ2n) is 3.45. The Labute approximate surface area is 109 Å². The van der Waals surface area contributed by atoms with Gasteiger partial charge < -0.3 is 9.29 Å². The van der Waals surface area contributed by atoms with E-state index in [1.165, 1.54) is 0 Å². The SMILES string of the molecule is CCCOc1cc[n+](C)cc1.O=S(=O)([O-])C(F)(F)F. The molecular weight excluding hydrogens is 287 g/mol. The van der Waals surface area contributed by atoms with Gasteiger partial charge in [-0.05, 0) is 6.42 Å². The minimum Gasteiger partial charge on any atom is -0.741 e. The van der Waals surface area contributed by atoms with Gasteiger partial charge in [-0.25, -0.2) is 13.0 Å². The van der Waals surface area contributed by atoms with E-state index in [0.717, 1.165) is 18.8 Å². The first kappa shape index (κ1) is 17.6. The van der Waals surface area contributed by atoms with Crippen molar-refractivity contribution in [2.75, 3.05) is 6.61 Å². The Balaban J connectivity index is 0.000000362. The highest BCUT2D eigenvalue weighted by molar-refractivity contribution is 7.86. The van der Waals surface area contributed by atoms with Crippen LogP contribution in [0.5, 0.6) is 5.75 Å². The maximum absolute atomic E-state index is 10.7. The van der Waals surface area contributed by atoms with Gasteiger partial charge in [0.1, 0.15) is 12.8 Å². The topological polar surface area (TPSA) is 70.3 Å². The van der Waals surface area contributed by atoms with Gasteiger partial charge in [0.15, 0.2) is 22.5 Å². The fourth-order valence-corrected chi connectivity index (χ4v) is 0.803. The molecule has 110 valence electrons. The maximum atomic E-state index is 10.7. The molecule has 0 aromatic carbocycles. The molecular formula is C10H14F3NO4S. The fourth-order valence-electron chi connectivity index (χ4n) is 0.803. The van der Waals surface area contributed by atoms with E-state index >= 15 is 0 Å². The molecule has 1 aromatic rings. The Morgan fingerprint density at radius 1 is 1.32 bits per heavy atom. The zero-order valence-corrected chi connectivity index (χ0v) is 11.2. The van der Waals surface area contributed by atoms with Crippen LogP contribution < -0.4 is 9.30 Å². The summed E-state index contributed by atoms with van der Waals surface area (Å²) in [5, 5.41) is 0. The normalized spacial score (nSPS) is 11.5. The van der Waals surface area contributed by atoms with Gasteiger partial charge in [0.2, 0.25) is 0 Å². The minimum atomic E-state index is -6.09. The lowest BCUT2D eigenvalue weighted by atomic mass is 10.4. The van der Waals surface area contributed by atoms with Crippen LogP contribution in [0.3, 0.4) is 0 Å². The minimum absolute atomic E-state index is 0.799. The lowest BCUT2D eigenvalue weighted by Crippen LogP contribution is -2.25. The van der Waals surface area contributed by atoms with Crippen LogP contribution in [0.1, 0.15) is 13.3 Å². The summed E-state index contributed by atoms with van der Waals surface area (Å²) in [4.78, 5) is 0. The fraction of sp³-hybridized carbons (Fsp3) is 0.500. The third-order valence-electron chi connectivity index (χ3n) is 1.70. The average molecular weight is 301 g/mol. The van der Waals surface area contributed by atoms with Gasteiger partial charge in [-0.3, -0.25) is 0 Å². The molecule has 1 aromatic heterocycles. The molecule has 0 saturated heterocycles. The second kappa shape index (κ2) is 7.29. The number of aryl methyl sites for hydroxylation is 1. The van der Waals surface area contributed by atoms with Gasteiger partial charge in [0, 0.05) is 12.1 Å². The van der Waals surface area contributed by atoms with E-state index in [-0.39, 0.29) is 0 Å². The van der Waals surface area contributed by atoms with Crippen molar-refractivity contribution in [2.45, 2.75) is 18.9 Å². The summed E-state index contributed by atoms with van der Waals surface area (Å²) in [6, 6.07) is 3.94. The first-order chi connectivity index (χ1) is 8.58. The molecule has 0 bridgehead atoms. The van der Waals surface area contributed by atoms with Crippen molar-refractivity contribution in [2.24, 2.45) is 7.05 Å². The molecule has 0 atom stereocenters. The van der Waals surface area contributed by atoms with E-state index in [1.54, 1.807) is 0 Å². The first-order valence-corrected chi connectivity index (χ1v) is 6.59. The molecule has 0 saturated carbocycles. The third-order valence-corrected chi connectivity index (χ3v) is 2.27. The maximum Gasteiger partial charge on any atom is 0.485 e. The molecule has 0 aliphatic carbocycles. The molecule has 0 radical (unpaired) electrons. The number of halogens is 3. The summed E-state index contributed by atoms with van der Waals surface area (Å²) < 4.78 is 66.3. The highest BCUT2D eigenvalue weighted by Crippen LogP contribution is 2.20. The van der Waals surface area contributed by atoms with Crippen LogP contribution >= 0.6 is 0 Å². The second-order valence-corrected chi connectivity index (χ2v) is 4.82. The van der Waals surface area contributed by atoms with Crippen molar-refractivity contribution in [3.8, 4) is 5.75 Å². The van der Waals surface area contributed by atoms with Crippen LogP contribution in [0.25, 0.3) is 0 Å². The number of ether oxygens (including phenoxy) is 1. The van der Waals surface area contributed by atoms with Gasteiger partial charge >= 0.3 is 5.51 Å². The zero-order chi connectivity index (χ0) is 15.1. The number of rotatable bonds is 3. The summed E-state index contributed by atoms with van der Waals surface area (Å²) >= 11 is 0. The molecule has 1 rings (SSSR count). The molecule has 9 heteroatoms. The third kappa shape index (κ3) is 7.62. The molecule has 0 N–H and O–H groups in total. The molecule has 0 amide bonds. The summed E-state index contributed by atoms with van der Waals surface area (Å²) in [6.45, 7) is 2.90. The van der Waals surface area contributed by atoms with Crippen molar-refractivity contribution in [3.63, 3.8) is 0 Å². The van der Waals surface area contributed by atoms with Crippen molar-refractivity contribution < 1.29 is 35.4 Å². The Morgan fingerprint density at radius 3 is 2.05 bits per heavy atom. The summed E-state index contributed by atoms with van der Waals surface area (Å²) in [6.07, 6.45) is 5.01. The van der Waals surface area contributed by atoms with Crippen molar-refractivity contribution in [1.82, 2.24) is 0 Å². The summed E-state index contributed by atoms with van der Waals surface area (Å²) in [5.74, 6) is 0.949. The van der Waals surface area contributed by atoms with Crippen molar-refractivity contribution >= 4 is 10.1 Å². The number of pyridine rings is 1. The van der Waals surface area contributed by atoms with Crippen LogP contribution in [0.4, 0.5) is 13.2 Å². The number of alkyl halides is 3. The predicted molar refractivity (Wildman–Crippen MR) is 59.2 cm³/mol. The van der Waals surface area contributed by atoms with Crippen LogP contribution in [0.2, 0.25) is 0 Å². The highest BCUT2D eigenvalue weighted by atomic mass is 32.2. The lowest BCUT2D eigenvalue weighted by molar-refractivity contribution is -0.671. The number of hydrogen-bond acceptors (Lipinski definition) is 4. The molecule has 0 fully saturated rings. The van der Waals surface area contributed by atoms with Gasteiger partial charge in [0.25, 0.3) is 0 Å². The Morgan fingerprint density at radius 2 is 1.74 bits per heavy atom. The average Bonchev–Trinajstić information content (AvgIpc) is 2.26. The molecule has 0 aliphatic rings. The van der Waals surface area contributed by atoms with Crippen LogP contribution in [-0.2, 0) is 17.2 Å². The van der Waals surface area contributed by atoms with Crippen LogP contribution in [0.15, 0.2) is 24.5 Å². The van der Waals surface area contributed by atoms with Crippen LogP contribution in [0, 0.1) is 0 Å². The van der Waals surface area contributed by atoms with Gasteiger partial charge in [0.05, 0.1) is 6.61 Å². The first-order valence-electron chi connectivity index (χ1n) is 5.18. The lowest BCUT2D eigenvalue weighted by Gasteiger charge is -2.08. The zero-order valence-electron chi connectivity index (χ0n) is 10.3. The highest BCUT2D eigenvalue weighted by Gasteiger charge is 2.36. The Bertz CT molecular complexity index is 471. The van der Waals surface area contributed by atoms with E-state index < -0.39 is 15.6 Å². The predicted octanol–water partition coefficient (Wildman–Crippen LogP) is 1.35. The largest absolute Gasteiger partial charge is 0.741 e. The smallest absolute Gasteiger partial charge is 0.485 e. The molecule has 0 aliphatic heterocycles. The molecule has 1 heterocycles. The summed E-state index contributed by atoms with van der Waals surface area (Å²) in [7, 11) is -4.10. The van der Waals surface area contributed by atoms with Crippen LogP contribution in [-0.4, -0.2) is 25.1 Å². The summed E-state index contributed by atoms with van der Waals surface area (Å²) in [5.41, 5.74) is -5.65. The Hall–Kier alpha value is -1.35. The monoisotopic (exact) mass is 301 g/mol. The van der Waals surface area contributed by atoms with Gasteiger partial charge in [-0.1, -0.05) is 6.92 Å². The quantitative estimate of drug-likeness (QED) is 0.480. The number of hydrogen-bond donors (Lipinski definition) is 0. The van der Waals surface area contributed by atoms with E-state index in [9.17, 15) is 13.2 Å². The van der Waals surface area contributed by atoms with Crippen molar-refractivity contribution in [3.05, 3.63) is 24.5 Å². The van der Waals surface area contributed by atoms with E-state index in [4.69, 9.17) is 17.7 Å². The van der Waals surface area contributed by atoms with E-state index in [1.807, 2.05) is 36.1 Å². The molecule has 19 heavy (non-hydrogen) atoms. The standard InChI is InChI=1S/C9H14NO.CHF3O3S/c1-3-8-11-9-4-6-10(2)7-5-9;2-1(3,4)8(5,6)7/h4-7H,3,8H2,1-2H3;(H,5,6,7)/q+1;/p-1. The van der Waals surface area contributed by atoms with E-state index in [2.05, 4.69) is 6.92 Å².